The molecule has 150 valence electrons. The van der Waals surface area contributed by atoms with Gasteiger partial charge < -0.3 is 14.7 Å². The fourth-order valence-electron chi connectivity index (χ4n) is 3.94. The van der Waals surface area contributed by atoms with Gasteiger partial charge in [0, 0.05) is 44.8 Å². The summed E-state index contributed by atoms with van der Waals surface area (Å²) in [5.74, 6) is 2.58. The van der Waals surface area contributed by atoms with E-state index in [0.29, 0.717) is 24.2 Å². The van der Waals surface area contributed by atoms with Crippen molar-refractivity contribution in [3.05, 3.63) is 47.5 Å². The van der Waals surface area contributed by atoms with E-state index in [1.807, 2.05) is 11.0 Å². The molecule has 0 aliphatic carbocycles. The Kier molecular flexibility index (Phi) is 5.61. The Balaban J connectivity index is 1.34. The van der Waals surface area contributed by atoms with E-state index in [-0.39, 0.29) is 5.91 Å². The number of piperidine rings is 1. The minimum atomic E-state index is -0.0255. The number of amides is 1. The highest BCUT2D eigenvalue weighted by Crippen LogP contribution is 2.22. The van der Waals surface area contributed by atoms with Crippen molar-refractivity contribution in [2.45, 2.75) is 19.8 Å². The number of carbonyl (C=O) groups excluding carboxylic acids is 1. The van der Waals surface area contributed by atoms with Gasteiger partial charge in [0.15, 0.2) is 11.6 Å². The van der Waals surface area contributed by atoms with Crippen LogP contribution in [0.3, 0.4) is 0 Å². The summed E-state index contributed by atoms with van der Waals surface area (Å²) in [5.41, 5.74) is 1.07. The molecule has 0 bridgehead atoms. The molecule has 1 aromatic heterocycles. The number of piperazine rings is 1. The lowest BCUT2D eigenvalue weighted by Gasteiger charge is -2.35. The van der Waals surface area contributed by atoms with Gasteiger partial charge in [-0.25, -0.2) is 0 Å². The van der Waals surface area contributed by atoms with Crippen molar-refractivity contribution in [1.29, 1.82) is 5.26 Å². The normalized spacial score (nSPS) is 17.9. The van der Waals surface area contributed by atoms with Gasteiger partial charge in [0.2, 0.25) is 0 Å². The SMILES string of the molecule is CC1CCN(c2ccc(N3CCN(C(=O)c4cccc(C#N)c4)CC3)nn2)CC1. The van der Waals surface area contributed by atoms with Crippen LogP contribution in [0, 0.1) is 17.2 Å². The van der Waals surface area contributed by atoms with Crippen LogP contribution in [0.2, 0.25) is 0 Å². The van der Waals surface area contributed by atoms with Gasteiger partial charge in [-0.2, -0.15) is 5.26 Å². The van der Waals surface area contributed by atoms with Gasteiger partial charge in [0.1, 0.15) is 0 Å². The highest BCUT2D eigenvalue weighted by atomic mass is 16.2. The topological polar surface area (TPSA) is 76.4 Å². The van der Waals surface area contributed by atoms with E-state index in [2.05, 4.69) is 39.1 Å². The Hall–Kier alpha value is -3.14. The minimum absolute atomic E-state index is 0.0255. The van der Waals surface area contributed by atoms with Gasteiger partial charge in [0.25, 0.3) is 5.91 Å². The third-order valence-corrected chi connectivity index (χ3v) is 5.87. The summed E-state index contributed by atoms with van der Waals surface area (Å²) in [5, 5.41) is 17.9. The van der Waals surface area contributed by atoms with Gasteiger partial charge in [-0.3, -0.25) is 4.79 Å². The number of nitrogens with zero attached hydrogens (tertiary/aromatic N) is 6. The molecule has 2 aliphatic heterocycles. The second kappa shape index (κ2) is 8.48. The number of nitriles is 1. The van der Waals surface area contributed by atoms with Crippen LogP contribution in [0.4, 0.5) is 11.6 Å². The third kappa shape index (κ3) is 4.32. The number of carbonyl (C=O) groups is 1. The number of rotatable bonds is 3. The van der Waals surface area contributed by atoms with Crippen LogP contribution >= 0.6 is 0 Å². The molecule has 4 rings (SSSR count). The predicted molar refractivity (Wildman–Crippen MR) is 112 cm³/mol. The molecule has 0 atom stereocenters. The van der Waals surface area contributed by atoms with E-state index >= 15 is 0 Å². The second-order valence-corrected chi connectivity index (χ2v) is 7.89. The van der Waals surface area contributed by atoms with Gasteiger partial charge >= 0.3 is 0 Å². The fraction of sp³-hybridized carbons (Fsp3) is 0.455. The number of benzene rings is 1. The average molecular weight is 390 g/mol. The second-order valence-electron chi connectivity index (χ2n) is 7.89. The molecule has 2 fully saturated rings. The van der Waals surface area contributed by atoms with E-state index in [4.69, 9.17) is 5.26 Å². The Bertz CT molecular complexity index is 890. The number of aromatic nitrogens is 2. The first-order chi connectivity index (χ1) is 14.1. The molecule has 3 heterocycles. The molecular weight excluding hydrogens is 364 g/mol. The molecule has 7 heteroatoms. The summed E-state index contributed by atoms with van der Waals surface area (Å²) >= 11 is 0. The summed E-state index contributed by atoms with van der Waals surface area (Å²) in [4.78, 5) is 19.0. The molecule has 1 amide bonds. The molecule has 0 N–H and O–H groups in total. The van der Waals surface area contributed by atoms with Gasteiger partial charge in [-0.1, -0.05) is 13.0 Å². The maximum absolute atomic E-state index is 12.7. The van der Waals surface area contributed by atoms with Crippen molar-refractivity contribution in [2.75, 3.05) is 49.1 Å². The van der Waals surface area contributed by atoms with E-state index in [9.17, 15) is 4.79 Å². The minimum Gasteiger partial charge on any atom is -0.355 e. The maximum Gasteiger partial charge on any atom is 0.254 e. The van der Waals surface area contributed by atoms with Crippen molar-refractivity contribution in [3.63, 3.8) is 0 Å². The van der Waals surface area contributed by atoms with Crippen molar-refractivity contribution >= 4 is 17.5 Å². The van der Waals surface area contributed by atoms with E-state index in [0.717, 1.165) is 43.7 Å². The molecule has 0 saturated carbocycles. The Morgan fingerprint density at radius 1 is 0.966 bits per heavy atom. The molecule has 2 aromatic rings. The molecule has 2 saturated heterocycles. The molecule has 7 nitrogen and oxygen atoms in total. The monoisotopic (exact) mass is 390 g/mol. The lowest BCUT2D eigenvalue weighted by atomic mass is 9.99. The third-order valence-electron chi connectivity index (χ3n) is 5.87. The molecule has 0 unspecified atom stereocenters. The zero-order valence-corrected chi connectivity index (χ0v) is 16.8. The quantitative estimate of drug-likeness (QED) is 0.802. The first-order valence-electron chi connectivity index (χ1n) is 10.3. The van der Waals surface area contributed by atoms with Gasteiger partial charge in [-0.05, 0) is 49.1 Å². The maximum atomic E-state index is 12.7. The molecule has 2 aliphatic rings. The summed E-state index contributed by atoms with van der Waals surface area (Å²) in [6.45, 7) is 7.09. The van der Waals surface area contributed by atoms with E-state index in [1.54, 1.807) is 24.3 Å². The van der Waals surface area contributed by atoms with Gasteiger partial charge in [-0.15, -0.1) is 10.2 Å². The van der Waals surface area contributed by atoms with Crippen LogP contribution in [-0.4, -0.2) is 60.3 Å². The summed E-state index contributed by atoms with van der Waals surface area (Å²) < 4.78 is 0. The van der Waals surface area contributed by atoms with Gasteiger partial charge in [0.05, 0.1) is 11.6 Å². The smallest absolute Gasteiger partial charge is 0.254 e. The first-order valence-corrected chi connectivity index (χ1v) is 10.3. The lowest BCUT2D eigenvalue weighted by molar-refractivity contribution is 0.0746. The highest BCUT2D eigenvalue weighted by molar-refractivity contribution is 5.94. The Labute approximate surface area is 171 Å². The molecule has 0 radical (unpaired) electrons. The van der Waals surface area contributed by atoms with E-state index < -0.39 is 0 Å². The molecular formula is C22H26N6O. The fourth-order valence-corrected chi connectivity index (χ4v) is 3.94. The highest BCUT2D eigenvalue weighted by Gasteiger charge is 2.24. The van der Waals surface area contributed by atoms with Crippen LogP contribution in [-0.2, 0) is 0 Å². The summed E-state index contributed by atoms with van der Waals surface area (Å²) in [7, 11) is 0. The number of hydrogen-bond donors (Lipinski definition) is 0. The first kappa shape index (κ1) is 19.2. The van der Waals surface area contributed by atoms with Crippen LogP contribution in [0.5, 0.6) is 0 Å². The number of hydrogen-bond acceptors (Lipinski definition) is 6. The Morgan fingerprint density at radius 3 is 2.17 bits per heavy atom. The average Bonchev–Trinajstić information content (AvgIpc) is 2.79. The molecule has 1 aromatic carbocycles. The van der Waals surface area contributed by atoms with Crippen LogP contribution in [0.1, 0.15) is 35.7 Å². The molecule has 29 heavy (non-hydrogen) atoms. The van der Waals surface area contributed by atoms with Crippen molar-refractivity contribution in [1.82, 2.24) is 15.1 Å². The summed E-state index contributed by atoms with van der Waals surface area (Å²) in [6, 6.07) is 13.1. The summed E-state index contributed by atoms with van der Waals surface area (Å²) in [6.07, 6.45) is 2.41. The Morgan fingerprint density at radius 2 is 1.59 bits per heavy atom. The largest absolute Gasteiger partial charge is 0.355 e. The zero-order chi connectivity index (χ0) is 20.2. The van der Waals surface area contributed by atoms with Crippen LogP contribution < -0.4 is 9.80 Å². The lowest BCUT2D eigenvalue weighted by Crippen LogP contribution is -2.49. The van der Waals surface area contributed by atoms with Crippen LogP contribution in [0.15, 0.2) is 36.4 Å². The van der Waals surface area contributed by atoms with Crippen LogP contribution in [0.25, 0.3) is 0 Å². The van der Waals surface area contributed by atoms with E-state index in [1.165, 1.54) is 12.8 Å². The van der Waals surface area contributed by atoms with Crippen molar-refractivity contribution in [3.8, 4) is 6.07 Å². The predicted octanol–water partition coefficient (Wildman–Crippen LogP) is 2.55. The zero-order valence-electron chi connectivity index (χ0n) is 16.8. The standard InChI is InChI=1S/C22H26N6O/c1-17-7-9-26(10-8-17)20-5-6-21(25-24-20)27-11-13-28(14-12-27)22(29)19-4-2-3-18(15-19)16-23/h2-6,15,17H,7-14H2,1H3. The molecule has 0 spiro atoms. The number of anilines is 2. The van der Waals surface area contributed by atoms with Crippen molar-refractivity contribution in [2.24, 2.45) is 5.92 Å². The van der Waals surface area contributed by atoms with Crippen molar-refractivity contribution < 1.29 is 4.79 Å².